The average molecular weight is 495 g/mol. The highest BCUT2D eigenvalue weighted by molar-refractivity contribution is 7.21. The Labute approximate surface area is 223 Å². The lowest BCUT2D eigenvalue weighted by Gasteiger charge is -2.25. The van der Waals surface area contributed by atoms with E-state index in [1.807, 2.05) is 11.3 Å². The molecule has 0 amide bonds. The van der Waals surface area contributed by atoms with E-state index in [1.54, 1.807) is 0 Å². The molecule has 0 N–H and O–H groups in total. The van der Waals surface area contributed by atoms with Crippen molar-refractivity contribution in [2.24, 2.45) is 0 Å². The van der Waals surface area contributed by atoms with E-state index >= 15 is 0 Å². The first-order valence-corrected chi connectivity index (χ1v) is 13.7. The monoisotopic (exact) mass is 494 g/mol. The van der Waals surface area contributed by atoms with E-state index in [1.165, 1.54) is 59.5 Å². The summed E-state index contributed by atoms with van der Waals surface area (Å²) in [5.74, 6) is 0. The SMILES string of the molecule is CC(C)(C)c1cccc(-c2ccccc2)c1-c1sc(-c2ccccc2-c2ccccc2)c2ccccc12. The van der Waals surface area contributed by atoms with Crippen LogP contribution in [0, 0.1) is 0 Å². The Kier molecular flexibility index (Phi) is 6.02. The van der Waals surface area contributed by atoms with Crippen molar-refractivity contribution in [2.45, 2.75) is 26.2 Å². The molecule has 0 atom stereocenters. The highest BCUT2D eigenvalue weighted by Gasteiger charge is 2.25. The second-order valence-electron chi connectivity index (χ2n) is 10.6. The molecule has 0 saturated heterocycles. The van der Waals surface area contributed by atoms with Crippen LogP contribution in [0.25, 0.3) is 53.9 Å². The molecule has 0 aliphatic heterocycles. The molecule has 180 valence electrons. The minimum Gasteiger partial charge on any atom is -0.134 e. The number of hydrogen-bond donors (Lipinski definition) is 0. The smallest absolute Gasteiger partial charge is 0.0437 e. The average Bonchev–Trinajstić information content (AvgIpc) is 3.32. The van der Waals surface area contributed by atoms with E-state index < -0.39 is 0 Å². The topological polar surface area (TPSA) is 0 Å². The Hall–Kier alpha value is -3.94. The molecule has 5 aromatic carbocycles. The maximum atomic E-state index is 2.32. The van der Waals surface area contributed by atoms with Crippen molar-refractivity contribution < 1.29 is 0 Å². The zero-order chi connectivity index (χ0) is 25.4. The van der Waals surface area contributed by atoms with Gasteiger partial charge in [-0.15, -0.1) is 11.3 Å². The molecule has 0 aliphatic rings. The Morgan fingerprint density at radius 3 is 1.54 bits per heavy atom. The first-order chi connectivity index (χ1) is 18.0. The fraction of sp³-hybridized carbons (Fsp3) is 0.111. The van der Waals surface area contributed by atoms with Crippen molar-refractivity contribution in [1.29, 1.82) is 0 Å². The molecule has 0 nitrogen and oxygen atoms in total. The zero-order valence-electron chi connectivity index (χ0n) is 21.5. The Morgan fingerprint density at radius 1 is 0.432 bits per heavy atom. The van der Waals surface area contributed by atoms with Crippen LogP contribution in [0.1, 0.15) is 26.3 Å². The number of fused-ring (bicyclic) bond motifs is 1. The van der Waals surface area contributed by atoms with E-state index in [4.69, 9.17) is 0 Å². The Bertz CT molecular complexity index is 1680. The van der Waals surface area contributed by atoms with Gasteiger partial charge in [-0.25, -0.2) is 0 Å². The number of thiophene rings is 1. The van der Waals surface area contributed by atoms with E-state index in [9.17, 15) is 0 Å². The molecule has 0 saturated carbocycles. The van der Waals surface area contributed by atoms with Gasteiger partial charge in [-0.3, -0.25) is 0 Å². The van der Waals surface area contributed by atoms with E-state index in [-0.39, 0.29) is 5.41 Å². The summed E-state index contributed by atoms with van der Waals surface area (Å²) < 4.78 is 0. The molecule has 0 spiro atoms. The standard InChI is InChI=1S/C36H30S/c1-36(2,3)32-24-14-23-28(26-17-8-5-9-18-26)33(32)35-31-22-13-12-21-30(31)34(37-35)29-20-11-10-19-27(29)25-15-6-4-7-16-25/h4-24H,1-3H3. The lowest BCUT2D eigenvalue weighted by molar-refractivity contribution is 0.592. The van der Waals surface area contributed by atoms with Gasteiger partial charge in [-0.05, 0) is 33.2 Å². The summed E-state index contributed by atoms with van der Waals surface area (Å²) in [6.45, 7) is 6.96. The van der Waals surface area contributed by atoms with Crippen LogP contribution in [0.15, 0.2) is 127 Å². The molecule has 0 fully saturated rings. The third kappa shape index (κ3) is 4.30. The summed E-state index contributed by atoms with van der Waals surface area (Å²) in [6.07, 6.45) is 0. The molecule has 6 rings (SSSR count). The Morgan fingerprint density at radius 2 is 0.919 bits per heavy atom. The van der Waals surface area contributed by atoms with E-state index in [0.29, 0.717) is 0 Å². The highest BCUT2D eigenvalue weighted by Crippen LogP contribution is 2.50. The molecular formula is C36H30S. The number of rotatable bonds is 4. The van der Waals surface area contributed by atoms with Gasteiger partial charge in [-0.2, -0.15) is 0 Å². The minimum atomic E-state index is 0.00727. The fourth-order valence-corrected chi connectivity index (χ4v) is 6.70. The van der Waals surface area contributed by atoms with Crippen molar-refractivity contribution in [3.8, 4) is 43.1 Å². The summed E-state index contributed by atoms with van der Waals surface area (Å²) in [5.41, 5.74) is 9.10. The van der Waals surface area contributed by atoms with Crippen LogP contribution in [-0.2, 0) is 5.41 Å². The summed E-state index contributed by atoms with van der Waals surface area (Å²) in [6, 6.07) is 46.1. The van der Waals surface area contributed by atoms with Gasteiger partial charge in [-0.1, -0.05) is 148 Å². The molecular weight excluding hydrogens is 464 g/mol. The van der Waals surface area contributed by atoms with Gasteiger partial charge < -0.3 is 0 Å². The molecule has 1 aromatic heterocycles. The predicted molar refractivity (Wildman–Crippen MR) is 162 cm³/mol. The van der Waals surface area contributed by atoms with Gasteiger partial charge in [0.2, 0.25) is 0 Å². The van der Waals surface area contributed by atoms with Crippen molar-refractivity contribution in [3.63, 3.8) is 0 Å². The quantitative estimate of drug-likeness (QED) is 0.229. The molecule has 1 heterocycles. The molecule has 0 radical (unpaired) electrons. The second-order valence-corrected chi connectivity index (χ2v) is 11.6. The van der Waals surface area contributed by atoms with E-state index in [0.717, 1.165) is 0 Å². The molecule has 0 bridgehead atoms. The van der Waals surface area contributed by atoms with Crippen LogP contribution in [0.4, 0.5) is 0 Å². The van der Waals surface area contributed by atoms with Crippen molar-refractivity contribution in [2.75, 3.05) is 0 Å². The largest absolute Gasteiger partial charge is 0.134 e. The van der Waals surface area contributed by atoms with Gasteiger partial charge in [0.25, 0.3) is 0 Å². The third-order valence-electron chi connectivity index (χ3n) is 7.06. The maximum Gasteiger partial charge on any atom is 0.0437 e. The molecule has 1 heteroatoms. The highest BCUT2D eigenvalue weighted by atomic mass is 32.1. The molecule has 37 heavy (non-hydrogen) atoms. The van der Waals surface area contributed by atoms with Crippen LogP contribution in [0.3, 0.4) is 0 Å². The van der Waals surface area contributed by atoms with Crippen molar-refractivity contribution in [1.82, 2.24) is 0 Å². The first-order valence-electron chi connectivity index (χ1n) is 12.9. The lowest BCUT2D eigenvalue weighted by atomic mass is 9.80. The van der Waals surface area contributed by atoms with Crippen LogP contribution >= 0.6 is 11.3 Å². The maximum absolute atomic E-state index is 2.32. The van der Waals surface area contributed by atoms with Crippen molar-refractivity contribution >= 4 is 22.1 Å². The van der Waals surface area contributed by atoms with Crippen LogP contribution < -0.4 is 0 Å². The van der Waals surface area contributed by atoms with Crippen molar-refractivity contribution in [3.05, 3.63) is 133 Å². The minimum absolute atomic E-state index is 0.00727. The summed E-state index contributed by atoms with van der Waals surface area (Å²) in [4.78, 5) is 2.67. The van der Waals surface area contributed by atoms with Gasteiger partial charge in [0, 0.05) is 31.7 Å². The van der Waals surface area contributed by atoms with Crippen LogP contribution in [0.5, 0.6) is 0 Å². The van der Waals surface area contributed by atoms with Gasteiger partial charge >= 0.3 is 0 Å². The second kappa shape index (κ2) is 9.50. The lowest BCUT2D eigenvalue weighted by Crippen LogP contribution is -2.13. The van der Waals surface area contributed by atoms with Gasteiger partial charge in [0.15, 0.2) is 0 Å². The zero-order valence-corrected chi connectivity index (χ0v) is 22.3. The van der Waals surface area contributed by atoms with Crippen LogP contribution in [-0.4, -0.2) is 0 Å². The number of hydrogen-bond acceptors (Lipinski definition) is 1. The van der Waals surface area contributed by atoms with E-state index in [2.05, 4.69) is 148 Å². The Balaban J connectivity index is 1.68. The third-order valence-corrected chi connectivity index (χ3v) is 8.33. The fourth-order valence-electron chi connectivity index (χ4n) is 5.31. The molecule has 0 unspecified atom stereocenters. The number of benzene rings is 5. The summed E-state index contributed by atoms with van der Waals surface area (Å²) in [5, 5.41) is 2.63. The van der Waals surface area contributed by atoms with Crippen LogP contribution in [0.2, 0.25) is 0 Å². The van der Waals surface area contributed by atoms with Gasteiger partial charge in [0.05, 0.1) is 0 Å². The van der Waals surface area contributed by atoms with Gasteiger partial charge in [0.1, 0.15) is 0 Å². The summed E-state index contributed by atoms with van der Waals surface area (Å²) >= 11 is 1.93. The molecule has 6 aromatic rings. The normalized spacial score (nSPS) is 11.6. The summed E-state index contributed by atoms with van der Waals surface area (Å²) in [7, 11) is 0. The molecule has 0 aliphatic carbocycles. The first kappa shape index (κ1) is 23.5. The predicted octanol–water partition coefficient (Wildman–Crippen LogP) is 10.9.